The van der Waals surface area contributed by atoms with E-state index in [-0.39, 0.29) is 11.9 Å². The van der Waals surface area contributed by atoms with Gasteiger partial charge in [0.15, 0.2) is 5.82 Å². The summed E-state index contributed by atoms with van der Waals surface area (Å²) in [7, 11) is 1.86. The number of aryl methyl sites for hydroxylation is 1. The molecule has 0 bridgehead atoms. The van der Waals surface area contributed by atoms with Gasteiger partial charge >= 0.3 is 5.97 Å². The molecule has 1 unspecified atom stereocenters. The maximum absolute atomic E-state index is 12.0. The molecule has 0 saturated heterocycles. The molecule has 100 valence electrons. The van der Waals surface area contributed by atoms with Gasteiger partial charge in [0.2, 0.25) is 0 Å². The minimum atomic E-state index is -0.278. The SMILES string of the molecule is CCCC(C(=O)OCC)c1nc(C2CC2)nn1C. The van der Waals surface area contributed by atoms with E-state index in [2.05, 4.69) is 17.0 Å². The van der Waals surface area contributed by atoms with E-state index < -0.39 is 0 Å². The van der Waals surface area contributed by atoms with Crippen molar-refractivity contribution in [3.8, 4) is 0 Å². The molecule has 1 aromatic rings. The number of carbonyl (C=O) groups excluding carboxylic acids is 1. The Hall–Kier alpha value is -1.39. The molecule has 18 heavy (non-hydrogen) atoms. The van der Waals surface area contributed by atoms with Gasteiger partial charge in [-0.05, 0) is 26.2 Å². The Kier molecular flexibility index (Phi) is 3.99. The van der Waals surface area contributed by atoms with Gasteiger partial charge in [-0.15, -0.1) is 0 Å². The summed E-state index contributed by atoms with van der Waals surface area (Å²) in [5.74, 6) is 1.68. The van der Waals surface area contributed by atoms with Gasteiger partial charge in [0.1, 0.15) is 11.7 Å². The molecule has 0 aliphatic heterocycles. The molecule has 1 aliphatic carbocycles. The van der Waals surface area contributed by atoms with E-state index in [9.17, 15) is 4.79 Å². The molecule has 1 aromatic heterocycles. The van der Waals surface area contributed by atoms with E-state index in [1.165, 1.54) is 12.8 Å². The highest BCUT2D eigenvalue weighted by molar-refractivity contribution is 5.77. The molecule has 5 nitrogen and oxygen atoms in total. The van der Waals surface area contributed by atoms with Crippen molar-refractivity contribution in [3.63, 3.8) is 0 Å². The Morgan fingerprint density at radius 3 is 2.78 bits per heavy atom. The quantitative estimate of drug-likeness (QED) is 0.727. The lowest BCUT2D eigenvalue weighted by molar-refractivity contribution is -0.145. The number of hydrogen-bond acceptors (Lipinski definition) is 4. The van der Waals surface area contributed by atoms with Gasteiger partial charge in [-0.3, -0.25) is 9.48 Å². The molecule has 0 aromatic carbocycles. The molecule has 1 aliphatic rings. The molecule has 5 heteroatoms. The Morgan fingerprint density at radius 2 is 2.22 bits per heavy atom. The second-order valence-electron chi connectivity index (χ2n) is 4.82. The highest BCUT2D eigenvalue weighted by Crippen LogP contribution is 2.38. The second-order valence-corrected chi connectivity index (χ2v) is 4.82. The minimum absolute atomic E-state index is 0.183. The van der Waals surface area contributed by atoms with E-state index in [1.807, 2.05) is 14.0 Å². The van der Waals surface area contributed by atoms with Crippen LogP contribution in [0.5, 0.6) is 0 Å². The summed E-state index contributed by atoms with van der Waals surface area (Å²) in [5.41, 5.74) is 0. The van der Waals surface area contributed by atoms with Crippen molar-refractivity contribution < 1.29 is 9.53 Å². The highest BCUT2D eigenvalue weighted by atomic mass is 16.5. The topological polar surface area (TPSA) is 57.0 Å². The summed E-state index contributed by atoms with van der Waals surface area (Å²) in [4.78, 5) is 16.5. The summed E-state index contributed by atoms with van der Waals surface area (Å²) >= 11 is 0. The van der Waals surface area contributed by atoms with Crippen LogP contribution in [0.1, 0.15) is 63.0 Å². The number of ether oxygens (including phenoxy) is 1. The van der Waals surface area contributed by atoms with E-state index in [4.69, 9.17) is 4.74 Å². The summed E-state index contributed by atoms with van der Waals surface area (Å²) in [6.45, 7) is 4.30. The maximum atomic E-state index is 12.0. The van der Waals surface area contributed by atoms with Crippen LogP contribution in [0.25, 0.3) is 0 Å². The van der Waals surface area contributed by atoms with E-state index in [0.717, 1.165) is 24.5 Å². The maximum Gasteiger partial charge on any atom is 0.316 e. The minimum Gasteiger partial charge on any atom is -0.465 e. The fraction of sp³-hybridized carbons (Fsp3) is 0.769. The van der Waals surface area contributed by atoms with Crippen LogP contribution < -0.4 is 0 Å². The van der Waals surface area contributed by atoms with Gasteiger partial charge in [0.05, 0.1) is 6.61 Å². The van der Waals surface area contributed by atoms with Gasteiger partial charge < -0.3 is 4.74 Å². The first-order valence-corrected chi connectivity index (χ1v) is 6.74. The fourth-order valence-corrected chi connectivity index (χ4v) is 2.12. The van der Waals surface area contributed by atoms with Gasteiger partial charge in [-0.25, -0.2) is 4.98 Å². The fourth-order valence-electron chi connectivity index (χ4n) is 2.12. The lowest BCUT2D eigenvalue weighted by Crippen LogP contribution is -2.19. The molecule has 1 saturated carbocycles. The van der Waals surface area contributed by atoms with Crippen molar-refractivity contribution >= 4 is 5.97 Å². The van der Waals surface area contributed by atoms with Crippen molar-refractivity contribution in [1.29, 1.82) is 0 Å². The normalized spacial score (nSPS) is 16.6. The standard InChI is InChI=1S/C13H21N3O2/c1-4-6-10(13(17)18-5-2)12-14-11(9-7-8-9)15-16(12)3/h9-10H,4-8H2,1-3H3. The lowest BCUT2D eigenvalue weighted by Gasteiger charge is -2.13. The third-order valence-corrected chi connectivity index (χ3v) is 3.22. The Morgan fingerprint density at radius 1 is 1.50 bits per heavy atom. The zero-order valence-electron chi connectivity index (χ0n) is 11.3. The predicted octanol–water partition coefficient (Wildman–Crippen LogP) is 2.14. The van der Waals surface area contributed by atoms with Crippen molar-refractivity contribution in [2.45, 2.75) is 51.4 Å². The summed E-state index contributed by atoms with van der Waals surface area (Å²) < 4.78 is 6.87. The van der Waals surface area contributed by atoms with Crippen LogP contribution in [-0.4, -0.2) is 27.3 Å². The summed E-state index contributed by atoms with van der Waals surface area (Å²) in [5, 5.41) is 4.42. The molecule has 0 spiro atoms. The van der Waals surface area contributed by atoms with Gasteiger partial charge in [0.25, 0.3) is 0 Å². The molecule has 0 amide bonds. The second kappa shape index (κ2) is 5.50. The highest BCUT2D eigenvalue weighted by Gasteiger charge is 2.32. The van der Waals surface area contributed by atoms with Gasteiger partial charge in [0, 0.05) is 13.0 Å². The number of esters is 1. The first-order chi connectivity index (χ1) is 8.67. The van der Waals surface area contributed by atoms with Crippen LogP contribution in [0.4, 0.5) is 0 Å². The lowest BCUT2D eigenvalue weighted by atomic mass is 10.0. The molecule has 1 fully saturated rings. The number of rotatable bonds is 6. The predicted molar refractivity (Wildman–Crippen MR) is 67.3 cm³/mol. The van der Waals surface area contributed by atoms with E-state index >= 15 is 0 Å². The van der Waals surface area contributed by atoms with Crippen molar-refractivity contribution in [2.75, 3.05) is 6.61 Å². The zero-order valence-corrected chi connectivity index (χ0v) is 11.3. The average molecular weight is 251 g/mol. The molecular formula is C13H21N3O2. The number of carbonyl (C=O) groups is 1. The number of aromatic nitrogens is 3. The molecule has 0 radical (unpaired) electrons. The Balaban J connectivity index is 2.20. The smallest absolute Gasteiger partial charge is 0.316 e. The molecular weight excluding hydrogens is 230 g/mol. The van der Waals surface area contributed by atoms with Crippen LogP contribution in [-0.2, 0) is 16.6 Å². The summed E-state index contributed by atoms with van der Waals surface area (Å²) in [6, 6.07) is 0. The number of nitrogens with zero attached hydrogens (tertiary/aromatic N) is 3. The van der Waals surface area contributed by atoms with Crippen LogP contribution in [0.15, 0.2) is 0 Å². The Bertz CT molecular complexity index is 424. The Labute approximate surface area is 108 Å². The largest absolute Gasteiger partial charge is 0.465 e. The monoisotopic (exact) mass is 251 g/mol. The van der Waals surface area contributed by atoms with Crippen LogP contribution in [0.3, 0.4) is 0 Å². The van der Waals surface area contributed by atoms with Crippen molar-refractivity contribution in [2.24, 2.45) is 7.05 Å². The number of hydrogen-bond donors (Lipinski definition) is 0. The molecule has 0 N–H and O–H groups in total. The van der Waals surface area contributed by atoms with E-state index in [1.54, 1.807) is 4.68 Å². The van der Waals surface area contributed by atoms with Crippen LogP contribution in [0.2, 0.25) is 0 Å². The van der Waals surface area contributed by atoms with Crippen molar-refractivity contribution in [3.05, 3.63) is 11.6 Å². The van der Waals surface area contributed by atoms with Crippen molar-refractivity contribution in [1.82, 2.24) is 14.8 Å². The zero-order chi connectivity index (χ0) is 13.1. The first-order valence-electron chi connectivity index (χ1n) is 6.74. The third-order valence-electron chi connectivity index (χ3n) is 3.22. The first kappa shape index (κ1) is 13.1. The van der Waals surface area contributed by atoms with Crippen LogP contribution in [0, 0.1) is 0 Å². The van der Waals surface area contributed by atoms with Crippen LogP contribution >= 0.6 is 0 Å². The van der Waals surface area contributed by atoms with Gasteiger partial charge in [-0.2, -0.15) is 5.10 Å². The third kappa shape index (κ3) is 2.71. The molecule has 1 atom stereocenters. The van der Waals surface area contributed by atoms with Gasteiger partial charge in [-0.1, -0.05) is 13.3 Å². The van der Waals surface area contributed by atoms with E-state index in [0.29, 0.717) is 12.5 Å². The molecule has 1 heterocycles. The molecule has 2 rings (SSSR count). The summed E-state index contributed by atoms with van der Waals surface area (Å²) in [6.07, 6.45) is 4.02. The average Bonchev–Trinajstić information content (AvgIpc) is 3.11.